The van der Waals surface area contributed by atoms with Crippen molar-refractivity contribution in [2.24, 2.45) is 11.8 Å². The van der Waals surface area contributed by atoms with Gasteiger partial charge in [-0.25, -0.2) is 0 Å². The van der Waals surface area contributed by atoms with Gasteiger partial charge in [0.2, 0.25) is 0 Å². The molecule has 0 radical (unpaired) electrons. The predicted molar refractivity (Wildman–Crippen MR) is 53.6 cm³/mol. The number of rotatable bonds is 2. The standard InChI is InChI=1S/C11H21NO/c1-9-2-4-12(5-3-9)8-10-6-11(13)7-10/h9-11,13H,2-8H2,1H3. The lowest BCUT2D eigenvalue weighted by molar-refractivity contribution is 0.0191. The third-order valence-corrected chi connectivity index (χ3v) is 3.60. The summed E-state index contributed by atoms with van der Waals surface area (Å²) in [5.74, 6) is 1.73. The largest absolute Gasteiger partial charge is 0.393 e. The van der Waals surface area contributed by atoms with Gasteiger partial charge in [0.15, 0.2) is 0 Å². The van der Waals surface area contributed by atoms with E-state index < -0.39 is 0 Å². The first-order chi connectivity index (χ1) is 6.24. The summed E-state index contributed by atoms with van der Waals surface area (Å²) in [6.07, 6.45) is 4.86. The van der Waals surface area contributed by atoms with Crippen LogP contribution in [0.2, 0.25) is 0 Å². The first-order valence-electron chi connectivity index (χ1n) is 5.64. The summed E-state index contributed by atoms with van der Waals surface area (Å²) in [5, 5.41) is 9.17. The van der Waals surface area contributed by atoms with Crippen molar-refractivity contribution in [1.29, 1.82) is 0 Å². The van der Waals surface area contributed by atoms with Gasteiger partial charge in [-0.2, -0.15) is 0 Å². The summed E-state index contributed by atoms with van der Waals surface area (Å²) in [4.78, 5) is 2.58. The van der Waals surface area contributed by atoms with Gasteiger partial charge in [-0.15, -0.1) is 0 Å². The molecule has 2 heteroatoms. The molecular formula is C11H21NO. The number of hydrogen-bond acceptors (Lipinski definition) is 2. The van der Waals surface area contributed by atoms with Crippen molar-refractivity contribution in [1.82, 2.24) is 4.90 Å². The lowest BCUT2D eigenvalue weighted by Gasteiger charge is -2.38. The molecule has 0 aromatic heterocycles. The summed E-state index contributed by atoms with van der Waals surface area (Å²) >= 11 is 0. The Morgan fingerprint density at radius 1 is 1.23 bits per heavy atom. The Kier molecular flexibility index (Phi) is 2.89. The predicted octanol–water partition coefficient (Wildman–Crippen LogP) is 1.49. The van der Waals surface area contributed by atoms with E-state index in [9.17, 15) is 5.11 Å². The van der Waals surface area contributed by atoms with Crippen LogP contribution in [0.4, 0.5) is 0 Å². The number of aliphatic hydroxyl groups is 1. The number of hydrogen-bond donors (Lipinski definition) is 1. The van der Waals surface area contributed by atoms with Gasteiger partial charge in [-0.3, -0.25) is 0 Å². The number of aliphatic hydroxyl groups excluding tert-OH is 1. The molecule has 2 fully saturated rings. The highest BCUT2D eigenvalue weighted by molar-refractivity contribution is 4.82. The van der Waals surface area contributed by atoms with E-state index in [1.165, 1.54) is 32.5 Å². The van der Waals surface area contributed by atoms with Gasteiger partial charge in [-0.1, -0.05) is 6.92 Å². The molecular weight excluding hydrogens is 162 g/mol. The Bertz CT molecular complexity index is 157. The highest BCUT2D eigenvalue weighted by Gasteiger charge is 2.29. The van der Waals surface area contributed by atoms with Gasteiger partial charge in [0.05, 0.1) is 6.10 Å². The SMILES string of the molecule is CC1CCN(CC2CC(O)C2)CC1. The highest BCUT2D eigenvalue weighted by atomic mass is 16.3. The molecule has 0 bridgehead atoms. The molecule has 1 saturated carbocycles. The van der Waals surface area contributed by atoms with E-state index in [1.807, 2.05) is 0 Å². The normalized spacial score (nSPS) is 37.4. The molecule has 76 valence electrons. The van der Waals surface area contributed by atoms with Crippen LogP contribution in [-0.4, -0.2) is 35.7 Å². The number of likely N-dealkylation sites (tertiary alicyclic amines) is 1. The third kappa shape index (κ3) is 2.44. The van der Waals surface area contributed by atoms with Gasteiger partial charge in [0.1, 0.15) is 0 Å². The van der Waals surface area contributed by atoms with Crippen molar-refractivity contribution in [3.8, 4) is 0 Å². The van der Waals surface area contributed by atoms with E-state index in [-0.39, 0.29) is 6.10 Å². The van der Waals surface area contributed by atoms with E-state index in [0.717, 1.165) is 24.7 Å². The fourth-order valence-corrected chi connectivity index (χ4v) is 2.46. The Hall–Kier alpha value is -0.0800. The van der Waals surface area contributed by atoms with Crippen LogP contribution in [0.3, 0.4) is 0 Å². The molecule has 1 aliphatic heterocycles. The molecule has 0 spiro atoms. The maximum absolute atomic E-state index is 9.17. The molecule has 2 rings (SSSR count). The minimum Gasteiger partial charge on any atom is -0.393 e. The maximum Gasteiger partial charge on any atom is 0.0546 e. The zero-order valence-corrected chi connectivity index (χ0v) is 8.58. The Morgan fingerprint density at radius 3 is 2.38 bits per heavy atom. The fourth-order valence-electron chi connectivity index (χ4n) is 2.46. The zero-order chi connectivity index (χ0) is 9.26. The molecule has 0 atom stereocenters. The van der Waals surface area contributed by atoms with Crippen LogP contribution >= 0.6 is 0 Å². The first kappa shape index (κ1) is 9.47. The van der Waals surface area contributed by atoms with Crippen LogP contribution < -0.4 is 0 Å². The minimum absolute atomic E-state index is 0.0220. The van der Waals surface area contributed by atoms with Crippen LogP contribution in [0.15, 0.2) is 0 Å². The van der Waals surface area contributed by atoms with Crippen LogP contribution in [0.5, 0.6) is 0 Å². The average molecular weight is 183 g/mol. The third-order valence-electron chi connectivity index (χ3n) is 3.60. The van der Waals surface area contributed by atoms with Gasteiger partial charge in [-0.05, 0) is 50.6 Å². The molecule has 0 aromatic rings. The van der Waals surface area contributed by atoms with Crippen molar-refractivity contribution in [3.05, 3.63) is 0 Å². The van der Waals surface area contributed by atoms with Crippen LogP contribution in [0.1, 0.15) is 32.6 Å². The van der Waals surface area contributed by atoms with Crippen molar-refractivity contribution < 1.29 is 5.11 Å². The average Bonchev–Trinajstić information content (AvgIpc) is 2.06. The van der Waals surface area contributed by atoms with E-state index in [0.29, 0.717) is 0 Å². The molecule has 1 N–H and O–H groups in total. The Labute approximate surface area is 80.9 Å². The summed E-state index contributed by atoms with van der Waals surface area (Å²) < 4.78 is 0. The second-order valence-corrected chi connectivity index (χ2v) is 4.97. The van der Waals surface area contributed by atoms with Crippen molar-refractivity contribution in [2.75, 3.05) is 19.6 Å². The second-order valence-electron chi connectivity index (χ2n) is 4.97. The maximum atomic E-state index is 9.17. The van der Waals surface area contributed by atoms with Crippen molar-refractivity contribution in [2.45, 2.75) is 38.7 Å². The first-order valence-corrected chi connectivity index (χ1v) is 5.64. The van der Waals surface area contributed by atoms with Crippen LogP contribution in [0.25, 0.3) is 0 Å². The van der Waals surface area contributed by atoms with Crippen LogP contribution in [-0.2, 0) is 0 Å². The monoisotopic (exact) mass is 183 g/mol. The zero-order valence-electron chi connectivity index (χ0n) is 8.58. The summed E-state index contributed by atoms with van der Waals surface area (Å²) in [6, 6.07) is 0. The summed E-state index contributed by atoms with van der Waals surface area (Å²) in [6.45, 7) is 6.16. The van der Waals surface area contributed by atoms with Crippen molar-refractivity contribution >= 4 is 0 Å². The van der Waals surface area contributed by atoms with Gasteiger partial charge < -0.3 is 10.0 Å². The lowest BCUT2D eigenvalue weighted by Crippen LogP contribution is -2.41. The van der Waals surface area contributed by atoms with Crippen LogP contribution in [0, 0.1) is 11.8 Å². The fraction of sp³-hybridized carbons (Fsp3) is 1.00. The molecule has 1 aliphatic carbocycles. The van der Waals surface area contributed by atoms with Gasteiger partial charge in [0, 0.05) is 6.54 Å². The van der Waals surface area contributed by atoms with E-state index in [4.69, 9.17) is 0 Å². The number of piperidine rings is 1. The minimum atomic E-state index is 0.0220. The number of nitrogens with zero attached hydrogens (tertiary/aromatic N) is 1. The Morgan fingerprint density at radius 2 is 1.85 bits per heavy atom. The van der Waals surface area contributed by atoms with E-state index in [1.54, 1.807) is 0 Å². The van der Waals surface area contributed by atoms with E-state index in [2.05, 4.69) is 11.8 Å². The van der Waals surface area contributed by atoms with E-state index >= 15 is 0 Å². The lowest BCUT2D eigenvalue weighted by atomic mass is 9.81. The highest BCUT2D eigenvalue weighted by Crippen LogP contribution is 2.29. The summed E-state index contributed by atoms with van der Waals surface area (Å²) in [5.41, 5.74) is 0. The molecule has 1 saturated heterocycles. The second kappa shape index (κ2) is 3.97. The molecule has 1 heterocycles. The molecule has 13 heavy (non-hydrogen) atoms. The molecule has 0 amide bonds. The molecule has 2 aliphatic rings. The summed E-state index contributed by atoms with van der Waals surface area (Å²) in [7, 11) is 0. The Balaban J connectivity index is 1.65. The molecule has 0 aromatic carbocycles. The van der Waals surface area contributed by atoms with Gasteiger partial charge in [0.25, 0.3) is 0 Å². The quantitative estimate of drug-likeness (QED) is 0.701. The molecule has 2 nitrogen and oxygen atoms in total. The molecule has 0 unspecified atom stereocenters. The smallest absolute Gasteiger partial charge is 0.0546 e. The topological polar surface area (TPSA) is 23.5 Å². The van der Waals surface area contributed by atoms with Crippen molar-refractivity contribution in [3.63, 3.8) is 0 Å². The van der Waals surface area contributed by atoms with Gasteiger partial charge >= 0.3 is 0 Å².